The van der Waals surface area contributed by atoms with Crippen molar-refractivity contribution in [3.05, 3.63) is 35.4 Å². The van der Waals surface area contributed by atoms with Crippen LogP contribution in [0.15, 0.2) is 24.3 Å². The lowest BCUT2D eigenvalue weighted by Gasteiger charge is -2.19. The maximum Gasteiger partial charge on any atom is 0.0411 e. The average molecular weight is 279 g/mol. The van der Waals surface area contributed by atoms with Crippen LogP contribution in [0, 0.1) is 6.92 Å². The fraction of sp³-hybridized carbons (Fsp3) is 0.647. The van der Waals surface area contributed by atoms with Gasteiger partial charge >= 0.3 is 0 Å². The van der Waals surface area contributed by atoms with Gasteiger partial charge in [0.05, 0.1) is 0 Å². The Bertz CT molecular complexity index is 321. The lowest BCUT2D eigenvalue weighted by atomic mass is 10.1. The van der Waals surface area contributed by atoms with E-state index in [4.69, 9.17) is 0 Å². The number of unbranched alkanes of at least 4 members (excludes halogenated alkanes) is 2. The summed E-state index contributed by atoms with van der Waals surface area (Å²) in [6.07, 6.45) is 5.24. The van der Waals surface area contributed by atoms with E-state index in [9.17, 15) is 0 Å². The molecule has 1 unspecified atom stereocenters. The van der Waals surface area contributed by atoms with Gasteiger partial charge in [-0.2, -0.15) is 11.8 Å². The number of thioether (sulfide) groups is 1. The lowest BCUT2D eigenvalue weighted by Crippen LogP contribution is -2.24. The van der Waals surface area contributed by atoms with Gasteiger partial charge in [-0.3, -0.25) is 0 Å². The van der Waals surface area contributed by atoms with Crippen LogP contribution in [0.4, 0.5) is 0 Å². The molecule has 108 valence electrons. The van der Waals surface area contributed by atoms with Gasteiger partial charge in [-0.05, 0) is 37.6 Å². The second-order valence-corrected chi connectivity index (χ2v) is 6.35. The van der Waals surface area contributed by atoms with Crippen LogP contribution in [0.5, 0.6) is 0 Å². The summed E-state index contributed by atoms with van der Waals surface area (Å²) in [5.41, 5.74) is 2.77. The van der Waals surface area contributed by atoms with Crippen molar-refractivity contribution in [2.24, 2.45) is 0 Å². The summed E-state index contributed by atoms with van der Waals surface area (Å²) in [5.74, 6) is 2.48. The van der Waals surface area contributed by atoms with Crippen LogP contribution >= 0.6 is 11.8 Å². The van der Waals surface area contributed by atoms with Gasteiger partial charge in [-0.1, -0.05) is 56.5 Å². The van der Waals surface area contributed by atoms with Crippen molar-refractivity contribution >= 4 is 11.8 Å². The van der Waals surface area contributed by atoms with Crippen molar-refractivity contribution in [3.63, 3.8) is 0 Å². The first-order valence-electron chi connectivity index (χ1n) is 7.65. The first-order chi connectivity index (χ1) is 9.27. The highest BCUT2D eigenvalue weighted by Gasteiger charge is 2.10. The molecule has 1 aromatic rings. The largest absolute Gasteiger partial charge is 0.309 e. The second kappa shape index (κ2) is 10.3. The van der Waals surface area contributed by atoms with Crippen molar-refractivity contribution in [1.29, 1.82) is 0 Å². The molecular formula is C17H29NS. The standard InChI is InChI=1S/C17H29NS/c1-4-6-7-13-19-14-17(18-12-5-2)16-10-8-15(3)9-11-16/h8-11,17-18H,4-7,12-14H2,1-3H3. The van der Waals surface area contributed by atoms with E-state index >= 15 is 0 Å². The molecule has 19 heavy (non-hydrogen) atoms. The van der Waals surface area contributed by atoms with E-state index in [1.54, 1.807) is 0 Å². The highest BCUT2D eigenvalue weighted by molar-refractivity contribution is 7.99. The van der Waals surface area contributed by atoms with Gasteiger partial charge in [0.1, 0.15) is 0 Å². The molecule has 1 aromatic carbocycles. The van der Waals surface area contributed by atoms with Gasteiger partial charge in [0.2, 0.25) is 0 Å². The van der Waals surface area contributed by atoms with E-state index in [1.807, 2.05) is 0 Å². The Balaban J connectivity index is 2.44. The summed E-state index contributed by atoms with van der Waals surface area (Å²) in [6, 6.07) is 9.49. The van der Waals surface area contributed by atoms with Crippen LogP contribution in [-0.2, 0) is 0 Å². The topological polar surface area (TPSA) is 12.0 Å². The second-order valence-electron chi connectivity index (χ2n) is 5.20. The Morgan fingerprint density at radius 3 is 2.42 bits per heavy atom. The van der Waals surface area contributed by atoms with Crippen molar-refractivity contribution in [1.82, 2.24) is 5.32 Å². The molecule has 0 bridgehead atoms. The average Bonchev–Trinajstić information content (AvgIpc) is 2.43. The first-order valence-corrected chi connectivity index (χ1v) is 8.81. The minimum atomic E-state index is 0.507. The monoisotopic (exact) mass is 279 g/mol. The van der Waals surface area contributed by atoms with Gasteiger partial charge in [0, 0.05) is 11.8 Å². The zero-order chi connectivity index (χ0) is 13.9. The molecule has 2 heteroatoms. The Kier molecular flexibility index (Phi) is 9.02. The van der Waals surface area contributed by atoms with Crippen LogP contribution < -0.4 is 5.32 Å². The number of nitrogens with one attached hydrogen (secondary N) is 1. The van der Waals surface area contributed by atoms with E-state index < -0.39 is 0 Å². The molecule has 0 radical (unpaired) electrons. The highest BCUT2D eigenvalue weighted by atomic mass is 32.2. The molecule has 1 atom stereocenters. The summed E-state index contributed by atoms with van der Waals surface area (Å²) < 4.78 is 0. The predicted octanol–water partition coefficient (Wildman–Crippen LogP) is 4.96. The summed E-state index contributed by atoms with van der Waals surface area (Å²) in [6.45, 7) is 7.75. The molecule has 1 N–H and O–H groups in total. The molecule has 0 fully saturated rings. The smallest absolute Gasteiger partial charge is 0.0411 e. The maximum absolute atomic E-state index is 3.68. The highest BCUT2D eigenvalue weighted by Crippen LogP contribution is 2.20. The van der Waals surface area contributed by atoms with E-state index in [0.29, 0.717) is 6.04 Å². The van der Waals surface area contributed by atoms with Crippen molar-refractivity contribution < 1.29 is 0 Å². The SMILES string of the molecule is CCCCCSCC(NCCC)c1ccc(C)cc1. The molecule has 0 aliphatic rings. The molecule has 1 nitrogen and oxygen atoms in total. The molecule has 0 aliphatic carbocycles. The maximum atomic E-state index is 3.68. The van der Waals surface area contributed by atoms with Crippen molar-refractivity contribution in [2.75, 3.05) is 18.1 Å². The lowest BCUT2D eigenvalue weighted by molar-refractivity contribution is 0.577. The van der Waals surface area contributed by atoms with Gasteiger partial charge in [-0.25, -0.2) is 0 Å². The molecule has 0 heterocycles. The van der Waals surface area contributed by atoms with E-state index in [-0.39, 0.29) is 0 Å². The zero-order valence-electron chi connectivity index (χ0n) is 12.7. The molecule has 0 aliphatic heterocycles. The summed E-state index contributed by atoms with van der Waals surface area (Å²) in [4.78, 5) is 0. The minimum Gasteiger partial charge on any atom is -0.309 e. The third-order valence-electron chi connectivity index (χ3n) is 3.30. The van der Waals surface area contributed by atoms with Crippen LogP contribution in [0.25, 0.3) is 0 Å². The predicted molar refractivity (Wildman–Crippen MR) is 89.1 cm³/mol. The van der Waals surface area contributed by atoms with E-state index in [1.165, 1.54) is 48.3 Å². The van der Waals surface area contributed by atoms with Crippen LogP contribution in [0.3, 0.4) is 0 Å². The van der Waals surface area contributed by atoms with Crippen molar-refractivity contribution in [2.45, 2.75) is 52.5 Å². The summed E-state index contributed by atoms with van der Waals surface area (Å²) in [7, 11) is 0. The van der Waals surface area contributed by atoms with Crippen LogP contribution in [0.1, 0.15) is 56.7 Å². The molecule has 0 saturated heterocycles. The summed E-state index contributed by atoms with van der Waals surface area (Å²) in [5, 5.41) is 3.68. The first kappa shape index (κ1) is 16.6. The number of hydrogen-bond acceptors (Lipinski definition) is 2. The van der Waals surface area contributed by atoms with E-state index in [0.717, 1.165) is 6.54 Å². The molecule has 0 spiro atoms. The molecule has 0 amide bonds. The van der Waals surface area contributed by atoms with Crippen LogP contribution in [-0.4, -0.2) is 18.1 Å². The fourth-order valence-corrected chi connectivity index (χ4v) is 3.17. The summed E-state index contributed by atoms with van der Waals surface area (Å²) >= 11 is 2.09. The number of aryl methyl sites for hydroxylation is 1. The van der Waals surface area contributed by atoms with Gasteiger partial charge in [0.25, 0.3) is 0 Å². The Morgan fingerprint density at radius 1 is 1.05 bits per heavy atom. The van der Waals surface area contributed by atoms with Crippen LogP contribution in [0.2, 0.25) is 0 Å². The Morgan fingerprint density at radius 2 is 1.79 bits per heavy atom. The zero-order valence-corrected chi connectivity index (χ0v) is 13.6. The molecular weight excluding hydrogens is 250 g/mol. The normalized spacial score (nSPS) is 12.6. The van der Waals surface area contributed by atoms with Gasteiger partial charge in [0.15, 0.2) is 0 Å². The Labute approximate surface area is 123 Å². The quantitative estimate of drug-likeness (QED) is 0.608. The number of rotatable bonds is 10. The van der Waals surface area contributed by atoms with Gasteiger partial charge in [-0.15, -0.1) is 0 Å². The number of hydrogen-bond donors (Lipinski definition) is 1. The minimum absolute atomic E-state index is 0.507. The molecule has 1 rings (SSSR count). The Hall–Kier alpha value is -0.470. The molecule has 0 saturated carbocycles. The third kappa shape index (κ3) is 7.03. The molecule has 0 aromatic heterocycles. The van der Waals surface area contributed by atoms with Gasteiger partial charge < -0.3 is 5.32 Å². The third-order valence-corrected chi connectivity index (χ3v) is 4.44. The fourth-order valence-electron chi connectivity index (χ4n) is 2.05. The van der Waals surface area contributed by atoms with E-state index in [2.05, 4.69) is 62.1 Å². The van der Waals surface area contributed by atoms with Crippen molar-refractivity contribution in [3.8, 4) is 0 Å². The number of benzene rings is 1.